The van der Waals surface area contributed by atoms with Crippen LogP contribution in [0.15, 0.2) is 60.2 Å². The standard InChI is InChI=1S/C20H17.2ClH.Ti/c1-13-10-11-14(2)20(13)18-9-5-8-17-16-7-4-3-6-15(16)12-19(17)18;;;/h3-13H,1-2H3;2*1H;/q;;;+2/p-2. The summed E-state index contributed by atoms with van der Waals surface area (Å²) in [5.74, 6) is 0.521. The van der Waals surface area contributed by atoms with E-state index in [1.165, 1.54) is 39.0 Å². The summed E-state index contributed by atoms with van der Waals surface area (Å²) >= 11 is 2.34. The normalized spacial score (nSPS) is 20.7. The van der Waals surface area contributed by atoms with Crippen molar-refractivity contribution in [3.8, 4) is 11.1 Å². The molecule has 0 N–H and O–H groups in total. The first-order chi connectivity index (χ1) is 10.2. The monoisotopic (exact) mass is 375 g/mol. The maximum absolute atomic E-state index is 2.34. The van der Waals surface area contributed by atoms with Gasteiger partial charge in [-0.1, -0.05) is 0 Å². The molecule has 0 saturated carbocycles. The number of halogens is 2. The number of hydrogen-bond donors (Lipinski definition) is 0. The van der Waals surface area contributed by atoms with Crippen LogP contribution in [-0.4, -0.2) is 0 Å². The van der Waals surface area contributed by atoms with Gasteiger partial charge in [0.15, 0.2) is 0 Å². The number of benzene rings is 2. The summed E-state index contributed by atoms with van der Waals surface area (Å²) in [5.41, 5.74) is 10.2. The van der Waals surface area contributed by atoms with Gasteiger partial charge in [0.05, 0.1) is 0 Å². The van der Waals surface area contributed by atoms with Gasteiger partial charge < -0.3 is 24.8 Å². The van der Waals surface area contributed by atoms with Crippen molar-refractivity contribution in [1.29, 1.82) is 0 Å². The molecule has 0 spiro atoms. The van der Waals surface area contributed by atoms with Gasteiger partial charge in [-0.05, 0) is 0 Å². The molecule has 3 heteroatoms. The van der Waals surface area contributed by atoms with Crippen LogP contribution in [-0.2, 0) is 20.4 Å². The van der Waals surface area contributed by atoms with Crippen molar-refractivity contribution in [1.82, 2.24) is 0 Å². The van der Waals surface area contributed by atoms with Crippen molar-refractivity contribution in [2.75, 3.05) is 0 Å². The van der Waals surface area contributed by atoms with Gasteiger partial charge in [0.25, 0.3) is 0 Å². The smallest absolute Gasteiger partial charge is 1.00 e. The van der Waals surface area contributed by atoms with Crippen LogP contribution in [0.4, 0.5) is 0 Å². The Labute approximate surface area is 162 Å². The van der Waals surface area contributed by atoms with Crippen LogP contribution >= 0.6 is 0 Å². The molecule has 115 valence electrons. The molecule has 0 heterocycles. The van der Waals surface area contributed by atoms with Gasteiger partial charge in [0.2, 0.25) is 0 Å². The number of rotatable bonds is 1. The first kappa shape index (κ1) is 18.6. The Morgan fingerprint density at radius 2 is 1.52 bits per heavy atom. The third-order valence-electron chi connectivity index (χ3n) is 4.76. The number of fused-ring (bicyclic) bond motifs is 3. The number of allylic oxidation sites excluding steroid dienone is 4. The van der Waals surface area contributed by atoms with Crippen molar-refractivity contribution < 1.29 is 45.2 Å². The maximum atomic E-state index is 2.34. The minimum absolute atomic E-state index is 0. The molecule has 0 fully saturated rings. The molecule has 0 nitrogen and oxygen atoms in total. The molecule has 2 aromatic carbocycles. The van der Waals surface area contributed by atoms with Gasteiger partial charge in [-0.3, -0.25) is 0 Å². The van der Waals surface area contributed by atoms with Crippen LogP contribution in [0.3, 0.4) is 0 Å². The van der Waals surface area contributed by atoms with E-state index in [1.54, 1.807) is 0 Å². The average Bonchev–Trinajstić information content (AvgIpc) is 2.99. The molecule has 0 radical (unpaired) electrons. The fraction of sp³-hybridized carbons (Fsp3) is 0.200. The zero-order valence-electron chi connectivity index (χ0n) is 13.1. The summed E-state index contributed by atoms with van der Waals surface area (Å²) in [6.45, 7) is 4.54. The van der Waals surface area contributed by atoms with E-state index in [0.717, 1.165) is 0 Å². The number of hydrogen-bond acceptors (Lipinski definition) is 0. The van der Waals surface area contributed by atoms with E-state index in [1.807, 2.05) is 0 Å². The molecular formula is C20H17Cl2Ti. The average molecular weight is 376 g/mol. The Hall–Kier alpha value is -0.786. The van der Waals surface area contributed by atoms with E-state index in [4.69, 9.17) is 0 Å². The molecule has 4 rings (SSSR count). The van der Waals surface area contributed by atoms with E-state index >= 15 is 0 Å². The van der Waals surface area contributed by atoms with Crippen LogP contribution in [0.1, 0.15) is 34.8 Å². The summed E-state index contributed by atoms with van der Waals surface area (Å²) in [7, 11) is 0. The van der Waals surface area contributed by atoms with Crippen molar-refractivity contribution in [2.24, 2.45) is 5.92 Å². The van der Waals surface area contributed by atoms with E-state index < -0.39 is 0 Å². The molecule has 2 atom stereocenters. The molecule has 2 unspecified atom stereocenters. The molecule has 2 aliphatic rings. The molecule has 0 aromatic heterocycles. The molecule has 0 saturated heterocycles. The maximum Gasteiger partial charge on any atom is -1.00 e. The third kappa shape index (κ3) is 2.77. The van der Waals surface area contributed by atoms with Crippen LogP contribution in [0, 0.1) is 5.92 Å². The third-order valence-corrected chi connectivity index (χ3v) is 5.70. The summed E-state index contributed by atoms with van der Waals surface area (Å²) < 4.78 is 0.487. The fourth-order valence-electron chi connectivity index (χ4n) is 3.79. The Balaban J connectivity index is 0.000000960. The first-order valence-corrected chi connectivity index (χ1v) is 8.41. The Bertz CT molecular complexity index is 805. The second kappa shape index (κ2) is 6.99. The van der Waals surface area contributed by atoms with E-state index in [2.05, 4.69) is 88.9 Å². The second-order valence-corrected chi connectivity index (χ2v) is 6.93. The van der Waals surface area contributed by atoms with E-state index in [9.17, 15) is 0 Å². The summed E-state index contributed by atoms with van der Waals surface area (Å²) in [6.07, 6.45) is 4.59. The quantitative estimate of drug-likeness (QED) is 0.578. The summed E-state index contributed by atoms with van der Waals surface area (Å²) in [5, 5.41) is 0. The zero-order valence-corrected chi connectivity index (χ0v) is 16.2. The van der Waals surface area contributed by atoms with Gasteiger partial charge in [-0.25, -0.2) is 0 Å². The Kier molecular flexibility index (Phi) is 5.64. The Morgan fingerprint density at radius 1 is 0.870 bits per heavy atom. The van der Waals surface area contributed by atoms with Crippen molar-refractivity contribution >= 4 is 5.57 Å². The van der Waals surface area contributed by atoms with E-state index in [0.29, 0.717) is 10.1 Å². The van der Waals surface area contributed by atoms with Gasteiger partial charge in [-0.2, -0.15) is 0 Å². The van der Waals surface area contributed by atoms with E-state index in [-0.39, 0.29) is 24.8 Å². The first-order valence-electron chi connectivity index (χ1n) is 7.51. The van der Waals surface area contributed by atoms with Gasteiger partial charge >= 0.3 is 138 Å². The molecular weight excluding hydrogens is 359 g/mol. The van der Waals surface area contributed by atoms with Crippen LogP contribution in [0.2, 0.25) is 0 Å². The molecule has 0 amide bonds. The minimum atomic E-state index is 0. The van der Waals surface area contributed by atoms with Crippen molar-refractivity contribution in [2.45, 2.75) is 18.1 Å². The predicted molar refractivity (Wildman–Crippen MR) is 84.6 cm³/mol. The van der Waals surface area contributed by atoms with Gasteiger partial charge in [0.1, 0.15) is 0 Å². The summed E-state index contributed by atoms with van der Waals surface area (Å²) in [4.78, 5) is 0. The molecule has 2 aromatic rings. The van der Waals surface area contributed by atoms with Crippen LogP contribution < -0.4 is 24.8 Å². The van der Waals surface area contributed by atoms with Crippen LogP contribution in [0.5, 0.6) is 0 Å². The topological polar surface area (TPSA) is 0 Å². The Morgan fingerprint density at radius 3 is 2.22 bits per heavy atom. The van der Waals surface area contributed by atoms with Gasteiger partial charge in [-0.15, -0.1) is 0 Å². The molecule has 0 bridgehead atoms. The molecule has 23 heavy (non-hydrogen) atoms. The zero-order chi connectivity index (χ0) is 14.6. The molecule has 2 aliphatic carbocycles. The van der Waals surface area contributed by atoms with Crippen molar-refractivity contribution in [3.05, 3.63) is 76.9 Å². The SMILES string of the molecule is CC1=C(c2cccc3c2[CH]([Ti+2])c2ccccc2-3)C(C)C=C1.[Cl-].[Cl-]. The predicted octanol–water partition coefficient (Wildman–Crippen LogP) is -0.709. The van der Waals surface area contributed by atoms with Gasteiger partial charge in [0, 0.05) is 0 Å². The summed E-state index contributed by atoms with van der Waals surface area (Å²) in [6, 6.07) is 15.7. The van der Waals surface area contributed by atoms with Crippen LogP contribution in [0.25, 0.3) is 16.7 Å². The molecule has 0 aliphatic heterocycles. The fourth-order valence-corrected chi connectivity index (χ4v) is 4.67. The minimum Gasteiger partial charge on any atom is -1.00 e. The van der Waals surface area contributed by atoms with Crippen molar-refractivity contribution in [3.63, 3.8) is 0 Å². The second-order valence-electron chi connectivity index (χ2n) is 6.03. The largest absolute Gasteiger partial charge is 1.00 e.